The van der Waals surface area contributed by atoms with Gasteiger partial charge in [0.15, 0.2) is 0 Å². The van der Waals surface area contributed by atoms with Crippen LogP contribution in [0, 0.1) is 5.92 Å². The third-order valence-electron chi connectivity index (χ3n) is 4.11. The quantitative estimate of drug-likeness (QED) is 0.874. The van der Waals surface area contributed by atoms with E-state index in [9.17, 15) is 8.42 Å². The van der Waals surface area contributed by atoms with E-state index >= 15 is 0 Å². The van der Waals surface area contributed by atoms with Crippen LogP contribution in [0.3, 0.4) is 0 Å². The normalized spacial score (nSPS) is 23.6. The summed E-state index contributed by atoms with van der Waals surface area (Å²) in [4.78, 5) is 0. The van der Waals surface area contributed by atoms with Crippen molar-refractivity contribution >= 4 is 9.84 Å². The van der Waals surface area contributed by atoms with E-state index in [1.54, 1.807) is 0 Å². The molecule has 0 aromatic carbocycles. The lowest BCUT2D eigenvalue weighted by atomic mass is 9.95. The molecule has 1 heterocycles. The second kappa shape index (κ2) is 6.92. The van der Waals surface area contributed by atoms with Crippen molar-refractivity contribution in [3.05, 3.63) is 18.0 Å². The van der Waals surface area contributed by atoms with Crippen LogP contribution < -0.4 is 5.32 Å². The largest absolute Gasteiger partial charge is 0.312 e. The highest BCUT2D eigenvalue weighted by atomic mass is 32.2. The molecule has 1 saturated carbocycles. The second-order valence-electron chi connectivity index (χ2n) is 6.63. The maximum Gasteiger partial charge on any atom is 0.150 e. The number of rotatable bonds is 6. The fourth-order valence-corrected chi connectivity index (χ4v) is 4.09. The Morgan fingerprint density at radius 2 is 2.19 bits per heavy atom. The van der Waals surface area contributed by atoms with Crippen molar-refractivity contribution in [3.63, 3.8) is 0 Å². The average molecular weight is 313 g/mol. The summed E-state index contributed by atoms with van der Waals surface area (Å²) in [7, 11) is -2.94. The van der Waals surface area contributed by atoms with Gasteiger partial charge in [0, 0.05) is 24.6 Å². The molecule has 1 fully saturated rings. The average Bonchev–Trinajstić information content (AvgIpc) is 2.86. The van der Waals surface area contributed by atoms with Crippen molar-refractivity contribution in [2.24, 2.45) is 5.92 Å². The van der Waals surface area contributed by atoms with Gasteiger partial charge in [-0.3, -0.25) is 4.68 Å². The smallest absolute Gasteiger partial charge is 0.150 e. The molecule has 2 atom stereocenters. The molecule has 1 aromatic rings. The predicted molar refractivity (Wildman–Crippen MR) is 84.9 cm³/mol. The summed E-state index contributed by atoms with van der Waals surface area (Å²) in [6.07, 6.45) is 8.76. The molecule has 0 aliphatic heterocycles. The third-order valence-corrected chi connectivity index (χ3v) is 5.75. The Kier molecular flexibility index (Phi) is 5.43. The molecule has 1 N–H and O–H groups in total. The molecule has 2 rings (SSSR count). The second-order valence-corrected chi connectivity index (χ2v) is 8.95. The minimum Gasteiger partial charge on any atom is -0.312 e. The number of nitrogens with zero attached hydrogens (tertiary/aromatic N) is 2. The summed E-state index contributed by atoms with van der Waals surface area (Å²) in [5.41, 5.74) is 1.16. The van der Waals surface area contributed by atoms with Gasteiger partial charge in [-0.15, -0.1) is 0 Å². The van der Waals surface area contributed by atoms with E-state index in [4.69, 9.17) is 0 Å². The number of hydrogen-bond donors (Lipinski definition) is 1. The molecule has 0 saturated heterocycles. The summed E-state index contributed by atoms with van der Waals surface area (Å²) in [6.45, 7) is 6.18. The van der Waals surface area contributed by atoms with Gasteiger partial charge >= 0.3 is 0 Å². The van der Waals surface area contributed by atoms with Gasteiger partial charge in [0.25, 0.3) is 0 Å². The third kappa shape index (κ3) is 4.81. The monoisotopic (exact) mass is 313 g/mol. The first-order valence-electron chi connectivity index (χ1n) is 7.79. The van der Waals surface area contributed by atoms with Gasteiger partial charge < -0.3 is 5.32 Å². The van der Waals surface area contributed by atoms with Crippen molar-refractivity contribution in [2.45, 2.75) is 57.4 Å². The highest BCUT2D eigenvalue weighted by Crippen LogP contribution is 2.31. The molecule has 21 heavy (non-hydrogen) atoms. The SMILES string of the molecule is CC(C)CNCc1cnn(C2CCCC(S(C)(=O)=O)C2)c1. The fraction of sp³-hybridized carbons (Fsp3) is 0.800. The zero-order chi connectivity index (χ0) is 15.5. The molecule has 0 radical (unpaired) electrons. The lowest BCUT2D eigenvalue weighted by Gasteiger charge is -2.28. The van der Waals surface area contributed by atoms with E-state index < -0.39 is 9.84 Å². The number of hydrogen-bond acceptors (Lipinski definition) is 4. The zero-order valence-corrected chi connectivity index (χ0v) is 14.1. The fourth-order valence-electron chi connectivity index (χ4n) is 2.92. The van der Waals surface area contributed by atoms with Crippen LogP contribution in [0.1, 0.15) is 51.1 Å². The number of sulfone groups is 1. The Hall–Kier alpha value is -0.880. The molecular weight excluding hydrogens is 286 g/mol. The van der Waals surface area contributed by atoms with Crippen molar-refractivity contribution < 1.29 is 8.42 Å². The first-order valence-corrected chi connectivity index (χ1v) is 9.74. The van der Waals surface area contributed by atoms with Crippen LogP contribution in [0.2, 0.25) is 0 Å². The number of nitrogens with one attached hydrogen (secondary N) is 1. The van der Waals surface area contributed by atoms with Gasteiger partial charge in [-0.2, -0.15) is 5.10 Å². The van der Waals surface area contributed by atoms with Crippen LogP contribution in [0.5, 0.6) is 0 Å². The van der Waals surface area contributed by atoms with Crippen molar-refractivity contribution in [1.82, 2.24) is 15.1 Å². The summed E-state index contributed by atoms with van der Waals surface area (Å²) >= 11 is 0. The van der Waals surface area contributed by atoms with Crippen LogP contribution in [0.25, 0.3) is 0 Å². The number of aromatic nitrogens is 2. The highest BCUT2D eigenvalue weighted by Gasteiger charge is 2.30. The lowest BCUT2D eigenvalue weighted by Crippen LogP contribution is -2.29. The van der Waals surface area contributed by atoms with E-state index in [2.05, 4.69) is 30.5 Å². The Balaban J connectivity index is 1.94. The molecule has 0 amide bonds. The minimum absolute atomic E-state index is 0.206. The molecule has 0 bridgehead atoms. The first-order chi connectivity index (χ1) is 9.86. The van der Waals surface area contributed by atoms with Crippen LogP contribution in [0.15, 0.2) is 12.4 Å². The van der Waals surface area contributed by atoms with Gasteiger partial charge in [0.2, 0.25) is 0 Å². The first kappa shape index (κ1) is 16.5. The van der Waals surface area contributed by atoms with Gasteiger partial charge in [0.05, 0.1) is 17.5 Å². The summed E-state index contributed by atoms with van der Waals surface area (Å²) in [5, 5.41) is 7.63. The lowest BCUT2D eigenvalue weighted by molar-refractivity contribution is 0.329. The van der Waals surface area contributed by atoms with Crippen LogP contribution in [-0.2, 0) is 16.4 Å². The Labute approximate surface area is 128 Å². The maximum atomic E-state index is 11.7. The van der Waals surface area contributed by atoms with Crippen molar-refractivity contribution in [3.8, 4) is 0 Å². The van der Waals surface area contributed by atoms with E-state index in [-0.39, 0.29) is 11.3 Å². The molecule has 0 spiro atoms. The molecular formula is C15H27N3O2S. The van der Waals surface area contributed by atoms with E-state index in [0.29, 0.717) is 12.3 Å². The van der Waals surface area contributed by atoms with Crippen LogP contribution >= 0.6 is 0 Å². The van der Waals surface area contributed by atoms with E-state index in [1.165, 1.54) is 6.26 Å². The zero-order valence-electron chi connectivity index (χ0n) is 13.2. The van der Waals surface area contributed by atoms with Crippen LogP contribution in [0.4, 0.5) is 0 Å². The van der Waals surface area contributed by atoms with Gasteiger partial charge in [-0.1, -0.05) is 20.3 Å². The van der Waals surface area contributed by atoms with E-state index in [1.807, 2.05) is 10.9 Å². The summed E-state index contributed by atoms with van der Waals surface area (Å²) < 4.78 is 25.4. The molecule has 1 aliphatic rings. The van der Waals surface area contributed by atoms with Crippen molar-refractivity contribution in [2.75, 3.05) is 12.8 Å². The van der Waals surface area contributed by atoms with Gasteiger partial charge in [-0.05, 0) is 31.7 Å². The van der Waals surface area contributed by atoms with E-state index in [0.717, 1.165) is 37.9 Å². The summed E-state index contributed by atoms with van der Waals surface area (Å²) in [6, 6.07) is 0.220. The van der Waals surface area contributed by atoms with Crippen LogP contribution in [-0.4, -0.2) is 36.2 Å². The standard InChI is InChI=1S/C15H27N3O2S/c1-12(2)8-16-9-13-10-17-18(11-13)14-5-4-6-15(7-14)21(3,19)20/h10-12,14-16H,4-9H2,1-3H3. The predicted octanol–water partition coefficient (Wildman–Crippen LogP) is 2.16. The van der Waals surface area contributed by atoms with Gasteiger partial charge in [0.1, 0.15) is 9.84 Å². The minimum atomic E-state index is -2.94. The molecule has 1 aliphatic carbocycles. The van der Waals surface area contributed by atoms with Gasteiger partial charge in [-0.25, -0.2) is 8.42 Å². The molecule has 5 nitrogen and oxygen atoms in total. The Morgan fingerprint density at radius 3 is 2.86 bits per heavy atom. The molecule has 120 valence electrons. The molecule has 1 aromatic heterocycles. The van der Waals surface area contributed by atoms with Crippen molar-refractivity contribution in [1.29, 1.82) is 0 Å². The molecule has 6 heteroatoms. The Bertz CT molecular complexity index is 551. The highest BCUT2D eigenvalue weighted by molar-refractivity contribution is 7.91. The molecule has 2 unspecified atom stereocenters. The Morgan fingerprint density at radius 1 is 1.43 bits per heavy atom. The topological polar surface area (TPSA) is 64.0 Å². The maximum absolute atomic E-state index is 11.7. The summed E-state index contributed by atoms with van der Waals surface area (Å²) in [5.74, 6) is 0.633.